The van der Waals surface area contributed by atoms with E-state index < -0.39 is 35.8 Å². The van der Waals surface area contributed by atoms with E-state index in [-0.39, 0.29) is 28.0 Å². The number of para-hydroxylation sites is 1. The molecule has 0 radical (unpaired) electrons. The largest absolute Gasteiger partial charge is 0.471 e. The van der Waals surface area contributed by atoms with Crippen molar-refractivity contribution in [3.05, 3.63) is 52.0 Å². The molecule has 0 aliphatic carbocycles. The Morgan fingerprint density at radius 1 is 1.21 bits per heavy atom. The molecular weight excluding hydrogens is 463 g/mol. The number of nitrogens with one attached hydrogen (secondary N) is 1. The van der Waals surface area contributed by atoms with Crippen molar-refractivity contribution in [2.24, 2.45) is 0 Å². The van der Waals surface area contributed by atoms with Crippen LogP contribution in [-0.2, 0) is 4.79 Å². The third-order valence-corrected chi connectivity index (χ3v) is 5.65. The van der Waals surface area contributed by atoms with E-state index in [0.29, 0.717) is 18.7 Å². The van der Waals surface area contributed by atoms with E-state index in [1.54, 1.807) is 4.90 Å². The number of carbonyl (C=O) groups excluding carboxylic acids is 1. The number of rotatable bonds is 1. The van der Waals surface area contributed by atoms with E-state index in [2.05, 4.69) is 15.9 Å². The van der Waals surface area contributed by atoms with Gasteiger partial charge in [-0.15, -0.1) is 0 Å². The van der Waals surface area contributed by atoms with Crippen LogP contribution in [-0.4, -0.2) is 24.7 Å². The van der Waals surface area contributed by atoms with Gasteiger partial charge in [-0.25, -0.2) is 8.78 Å². The van der Waals surface area contributed by atoms with Crippen LogP contribution in [0.4, 0.5) is 27.6 Å². The van der Waals surface area contributed by atoms with Gasteiger partial charge in [0.25, 0.3) is 0 Å². The van der Waals surface area contributed by atoms with Crippen LogP contribution in [0.1, 0.15) is 24.4 Å². The Labute approximate surface area is 170 Å². The van der Waals surface area contributed by atoms with Gasteiger partial charge in [0.2, 0.25) is 0 Å². The number of alkyl halides is 3. The molecule has 0 bridgehead atoms. The molecule has 0 aromatic heterocycles. The third-order valence-electron chi connectivity index (χ3n) is 5.04. The number of carbonyl (C=O) groups is 1. The molecule has 154 valence electrons. The fourth-order valence-corrected chi connectivity index (χ4v) is 4.18. The van der Waals surface area contributed by atoms with Crippen molar-refractivity contribution in [1.29, 1.82) is 0 Å². The van der Waals surface area contributed by atoms with Gasteiger partial charge in [-0.05, 0) is 40.9 Å². The molecule has 1 fully saturated rings. The standard InChI is InChI=1S/C19H14BrF5N2O2/c20-10-7-14-15(8-12(10)22)29-17-9(3-1-4-11(17)21)16-13(5-2-6-27(14)16)26-18(28)19(23,24)25/h1,3-4,7-8,13,16H,2,5-6H2,(H,26,28)/t13-,16+/m1/s1. The first-order valence-electron chi connectivity index (χ1n) is 8.76. The molecule has 0 unspecified atom stereocenters. The molecule has 2 heterocycles. The minimum absolute atomic E-state index is 0.0438. The maximum atomic E-state index is 14.5. The van der Waals surface area contributed by atoms with Gasteiger partial charge in [-0.2, -0.15) is 13.2 Å². The lowest BCUT2D eigenvalue weighted by Crippen LogP contribution is -2.52. The maximum absolute atomic E-state index is 14.5. The summed E-state index contributed by atoms with van der Waals surface area (Å²) < 4.78 is 73.0. The van der Waals surface area contributed by atoms with Crippen LogP contribution in [0.15, 0.2) is 34.8 Å². The quantitative estimate of drug-likeness (QED) is 0.573. The zero-order chi connectivity index (χ0) is 20.9. The zero-order valence-corrected chi connectivity index (χ0v) is 16.3. The number of halogens is 6. The summed E-state index contributed by atoms with van der Waals surface area (Å²) in [6.07, 6.45) is -4.31. The number of ether oxygens (including phenoxy) is 1. The number of hydrogen-bond acceptors (Lipinski definition) is 3. The van der Waals surface area contributed by atoms with Crippen LogP contribution in [0.5, 0.6) is 11.5 Å². The molecule has 4 rings (SSSR count). The van der Waals surface area contributed by atoms with Gasteiger partial charge in [0, 0.05) is 18.2 Å². The summed E-state index contributed by atoms with van der Waals surface area (Å²) in [5.74, 6) is -3.57. The van der Waals surface area contributed by atoms with E-state index in [4.69, 9.17) is 4.74 Å². The number of amides is 1. The smallest absolute Gasteiger partial charge is 0.452 e. The zero-order valence-electron chi connectivity index (χ0n) is 14.7. The van der Waals surface area contributed by atoms with Gasteiger partial charge >= 0.3 is 12.1 Å². The molecule has 0 spiro atoms. The number of hydrogen-bond donors (Lipinski definition) is 1. The molecule has 2 atom stereocenters. The van der Waals surface area contributed by atoms with E-state index in [0.717, 1.165) is 12.1 Å². The fourth-order valence-electron chi connectivity index (χ4n) is 3.85. The van der Waals surface area contributed by atoms with Crippen LogP contribution in [0, 0.1) is 11.6 Å². The van der Waals surface area contributed by atoms with Crippen molar-refractivity contribution >= 4 is 27.5 Å². The van der Waals surface area contributed by atoms with Gasteiger partial charge in [0.1, 0.15) is 5.82 Å². The van der Waals surface area contributed by atoms with E-state index >= 15 is 0 Å². The topological polar surface area (TPSA) is 41.6 Å². The highest BCUT2D eigenvalue weighted by Crippen LogP contribution is 2.49. The molecule has 2 aromatic carbocycles. The lowest BCUT2D eigenvalue weighted by Gasteiger charge is -2.42. The number of nitrogens with zero attached hydrogens (tertiary/aromatic N) is 1. The van der Waals surface area contributed by atoms with Gasteiger partial charge in [0.15, 0.2) is 17.3 Å². The first-order chi connectivity index (χ1) is 13.7. The normalized spacial score (nSPS) is 20.7. The summed E-state index contributed by atoms with van der Waals surface area (Å²) in [4.78, 5) is 13.3. The highest BCUT2D eigenvalue weighted by atomic mass is 79.9. The highest BCUT2D eigenvalue weighted by molar-refractivity contribution is 9.10. The molecule has 1 N–H and O–H groups in total. The summed E-state index contributed by atoms with van der Waals surface area (Å²) in [6, 6.07) is 4.86. The first kappa shape index (κ1) is 19.9. The predicted molar refractivity (Wildman–Crippen MR) is 97.9 cm³/mol. The van der Waals surface area contributed by atoms with Crippen LogP contribution in [0.2, 0.25) is 0 Å². The monoisotopic (exact) mass is 476 g/mol. The van der Waals surface area contributed by atoms with Crippen molar-refractivity contribution in [3.8, 4) is 11.5 Å². The van der Waals surface area contributed by atoms with E-state index in [9.17, 15) is 26.7 Å². The van der Waals surface area contributed by atoms with Crippen molar-refractivity contribution in [2.75, 3.05) is 11.4 Å². The SMILES string of the molecule is O=C(N[C@@H]1CCCN2c3cc(Br)c(F)cc3Oc3c(F)cccc3[C@@H]12)C(F)(F)F. The van der Waals surface area contributed by atoms with Crippen molar-refractivity contribution in [3.63, 3.8) is 0 Å². The fraction of sp³-hybridized carbons (Fsp3) is 0.316. The number of benzene rings is 2. The Morgan fingerprint density at radius 3 is 2.69 bits per heavy atom. The second-order valence-electron chi connectivity index (χ2n) is 6.85. The van der Waals surface area contributed by atoms with Crippen molar-refractivity contribution in [2.45, 2.75) is 31.1 Å². The maximum Gasteiger partial charge on any atom is 0.471 e. The predicted octanol–water partition coefficient (Wildman–Crippen LogP) is 5.22. The minimum atomic E-state index is -5.04. The van der Waals surface area contributed by atoms with E-state index in [1.165, 1.54) is 18.2 Å². The van der Waals surface area contributed by atoms with Gasteiger partial charge in [-0.1, -0.05) is 12.1 Å². The van der Waals surface area contributed by atoms with Crippen LogP contribution >= 0.6 is 15.9 Å². The van der Waals surface area contributed by atoms with Crippen LogP contribution in [0.25, 0.3) is 0 Å². The molecule has 4 nitrogen and oxygen atoms in total. The Balaban J connectivity index is 1.87. The summed E-state index contributed by atoms with van der Waals surface area (Å²) in [5, 5.41) is 2.03. The van der Waals surface area contributed by atoms with Crippen molar-refractivity contribution < 1.29 is 31.5 Å². The minimum Gasteiger partial charge on any atom is -0.452 e. The second kappa shape index (κ2) is 7.16. The number of piperidine rings is 1. The van der Waals surface area contributed by atoms with E-state index in [1.807, 2.05) is 5.32 Å². The first-order valence-corrected chi connectivity index (χ1v) is 9.55. The summed E-state index contributed by atoms with van der Waals surface area (Å²) in [7, 11) is 0. The summed E-state index contributed by atoms with van der Waals surface area (Å²) in [5.41, 5.74) is 0.676. The Kier molecular flexibility index (Phi) is 4.92. The molecular formula is C19H14BrF5N2O2. The lowest BCUT2D eigenvalue weighted by atomic mass is 9.89. The molecule has 1 amide bonds. The van der Waals surface area contributed by atoms with Crippen LogP contribution in [0.3, 0.4) is 0 Å². The molecule has 2 aliphatic heterocycles. The number of anilines is 1. The Morgan fingerprint density at radius 2 is 1.97 bits per heavy atom. The van der Waals surface area contributed by atoms with Crippen LogP contribution < -0.4 is 15.0 Å². The van der Waals surface area contributed by atoms with Crippen molar-refractivity contribution in [1.82, 2.24) is 5.32 Å². The second-order valence-corrected chi connectivity index (χ2v) is 7.71. The number of fused-ring (bicyclic) bond motifs is 5. The molecule has 29 heavy (non-hydrogen) atoms. The molecule has 2 aromatic rings. The lowest BCUT2D eigenvalue weighted by molar-refractivity contribution is -0.174. The Bertz CT molecular complexity index is 982. The highest BCUT2D eigenvalue weighted by Gasteiger charge is 2.45. The molecule has 2 aliphatic rings. The average molecular weight is 477 g/mol. The summed E-state index contributed by atoms with van der Waals surface area (Å²) >= 11 is 3.10. The average Bonchev–Trinajstić information content (AvgIpc) is 2.78. The molecule has 0 saturated carbocycles. The van der Waals surface area contributed by atoms with Gasteiger partial charge in [-0.3, -0.25) is 4.79 Å². The molecule has 10 heteroatoms. The Hall–Kier alpha value is -2.36. The van der Waals surface area contributed by atoms with Gasteiger partial charge in [0.05, 0.1) is 22.2 Å². The third kappa shape index (κ3) is 3.54. The van der Waals surface area contributed by atoms with Gasteiger partial charge < -0.3 is 15.0 Å². The summed E-state index contributed by atoms with van der Waals surface area (Å²) in [6.45, 7) is 0.410. The molecule has 1 saturated heterocycles.